The minimum absolute atomic E-state index is 0.0849. The van der Waals surface area contributed by atoms with Gasteiger partial charge in [0.1, 0.15) is 0 Å². The van der Waals surface area contributed by atoms with Crippen LogP contribution in [0.2, 0.25) is 0 Å². The number of fused-ring (bicyclic) bond motifs is 3. The van der Waals surface area contributed by atoms with E-state index in [1.807, 2.05) is 18.2 Å². The highest BCUT2D eigenvalue weighted by molar-refractivity contribution is 5.71. The van der Waals surface area contributed by atoms with Crippen molar-refractivity contribution in [3.63, 3.8) is 0 Å². The van der Waals surface area contributed by atoms with Gasteiger partial charge in [0.2, 0.25) is 30.8 Å². The summed E-state index contributed by atoms with van der Waals surface area (Å²) in [6.45, 7) is 1.41. The topological polar surface area (TPSA) is 83.1 Å². The monoisotopic (exact) mass is 444 g/mol. The molecule has 0 amide bonds. The average molecular weight is 444 g/mol. The predicted octanol–water partition coefficient (Wildman–Crippen LogP) is 3.25. The van der Waals surface area contributed by atoms with E-state index in [0.29, 0.717) is 42.0 Å². The Hall–Kier alpha value is -3.04. The van der Waals surface area contributed by atoms with E-state index < -0.39 is 0 Å². The average Bonchev–Trinajstić information content (AvgIpc) is 3.60. The van der Waals surface area contributed by atoms with E-state index in [2.05, 4.69) is 0 Å². The zero-order chi connectivity index (χ0) is 21.8. The number of rotatable bonds is 5. The maximum absolute atomic E-state index is 6.35. The molecule has 4 heterocycles. The summed E-state index contributed by atoms with van der Waals surface area (Å²) >= 11 is 0. The Labute approximate surface area is 185 Å². The smallest absolute Gasteiger partial charge is 0.231 e. The molecule has 0 aromatic heterocycles. The zero-order valence-electron chi connectivity index (χ0n) is 18.0. The second kappa shape index (κ2) is 7.53. The molecule has 4 aliphatic heterocycles. The lowest BCUT2D eigenvalue weighted by atomic mass is 9.84. The van der Waals surface area contributed by atoms with E-state index in [1.54, 1.807) is 21.3 Å². The Bertz CT molecular complexity index is 1050. The lowest BCUT2D eigenvalue weighted by Gasteiger charge is -2.24. The van der Waals surface area contributed by atoms with Gasteiger partial charge in [0.05, 0.1) is 52.3 Å². The highest BCUT2D eigenvalue weighted by Gasteiger charge is 2.51. The fourth-order valence-corrected chi connectivity index (χ4v) is 5.19. The van der Waals surface area contributed by atoms with Gasteiger partial charge in [0, 0.05) is 11.8 Å². The summed E-state index contributed by atoms with van der Waals surface area (Å²) in [5, 5.41) is 0. The molecule has 4 atom stereocenters. The summed E-state index contributed by atoms with van der Waals surface area (Å²) in [5.74, 6) is 4.25. The number of hydrogen-bond donors (Lipinski definition) is 0. The predicted molar refractivity (Wildman–Crippen MR) is 109 cm³/mol. The summed E-state index contributed by atoms with van der Waals surface area (Å²) in [6.07, 6.45) is -0.417. The van der Waals surface area contributed by atoms with Crippen LogP contribution < -0.4 is 33.2 Å². The molecule has 2 saturated heterocycles. The van der Waals surface area contributed by atoms with Crippen LogP contribution in [0.4, 0.5) is 0 Å². The Kier molecular flexibility index (Phi) is 4.62. The van der Waals surface area contributed by atoms with Gasteiger partial charge < -0.3 is 42.6 Å². The van der Waals surface area contributed by atoms with Gasteiger partial charge in [-0.25, -0.2) is 0 Å². The molecule has 32 heavy (non-hydrogen) atoms. The standard InChI is InChI=1S/C23H24O9/c1-24-19-16(20(25-2)22-23(21(19)26-3)32-10-31-22)18-13-8-27-17(12(13)7-28-18)11-4-5-14-15(6-11)30-9-29-14/h4-6,12-13,17-18H,7-10H2,1-3H3/t12?,13?,17-,18+/m1/s1. The molecule has 2 unspecified atom stereocenters. The van der Waals surface area contributed by atoms with Crippen LogP contribution in [0.15, 0.2) is 18.2 Å². The lowest BCUT2D eigenvalue weighted by Crippen LogP contribution is -2.16. The van der Waals surface area contributed by atoms with Gasteiger partial charge in [-0.15, -0.1) is 0 Å². The first-order valence-electron chi connectivity index (χ1n) is 10.5. The summed E-state index contributed by atoms with van der Waals surface area (Å²) in [4.78, 5) is 0. The van der Waals surface area contributed by atoms with Crippen molar-refractivity contribution in [2.45, 2.75) is 12.2 Å². The zero-order valence-corrected chi connectivity index (χ0v) is 18.0. The van der Waals surface area contributed by atoms with Crippen LogP contribution in [0, 0.1) is 11.8 Å². The van der Waals surface area contributed by atoms with E-state index in [0.717, 1.165) is 22.6 Å². The van der Waals surface area contributed by atoms with E-state index in [4.69, 9.17) is 42.6 Å². The van der Waals surface area contributed by atoms with Gasteiger partial charge in [0.15, 0.2) is 23.0 Å². The van der Waals surface area contributed by atoms with Crippen LogP contribution >= 0.6 is 0 Å². The molecule has 0 spiro atoms. The highest BCUT2D eigenvalue weighted by atomic mass is 16.7. The summed E-state index contributed by atoms with van der Waals surface area (Å²) in [7, 11) is 4.76. The molecule has 9 nitrogen and oxygen atoms in total. The maximum Gasteiger partial charge on any atom is 0.231 e. The van der Waals surface area contributed by atoms with E-state index in [1.165, 1.54) is 0 Å². The van der Waals surface area contributed by atoms with Crippen LogP contribution in [0.1, 0.15) is 23.3 Å². The fraction of sp³-hybridized carbons (Fsp3) is 0.478. The fourth-order valence-electron chi connectivity index (χ4n) is 5.19. The van der Waals surface area contributed by atoms with Crippen molar-refractivity contribution in [2.75, 3.05) is 48.1 Å². The normalized spacial score (nSPS) is 26.8. The van der Waals surface area contributed by atoms with Crippen molar-refractivity contribution in [1.29, 1.82) is 0 Å². The number of methoxy groups -OCH3 is 3. The number of hydrogen-bond acceptors (Lipinski definition) is 9. The molecule has 0 aliphatic carbocycles. The molecule has 0 radical (unpaired) electrons. The molecule has 2 fully saturated rings. The molecule has 2 aromatic carbocycles. The molecule has 0 N–H and O–H groups in total. The second-order valence-corrected chi connectivity index (χ2v) is 8.03. The Morgan fingerprint density at radius 1 is 0.688 bits per heavy atom. The molecule has 6 rings (SSSR count). The molecular formula is C23H24O9. The molecule has 4 aliphatic rings. The van der Waals surface area contributed by atoms with E-state index in [-0.39, 0.29) is 37.6 Å². The van der Waals surface area contributed by atoms with Gasteiger partial charge in [-0.3, -0.25) is 0 Å². The van der Waals surface area contributed by atoms with Crippen molar-refractivity contribution < 1.29 is 42.6 Å². The molecule has 0 bridgehead atoms. The van der Waals surface area contributed by atoms with Gasteiger partial charge in [0.25, 0.3) is 0 Å². The highest BCUT2D eigenvalue weighted by Crippen LogP contribution is 2.61. The summed E-state index contributed by atoms with van der Waals surface area (Å²) in [5.41, 5.74) is 1.80. The van der Waals surface area contributed by atoms with E-state index in [9.17, 15) is 0 Å². The van der Waals surface area contributed by atoms with E-state index >= 15 is 0 Å². The van der Waals surface area contributed by atoms with Gasteiger partial charge in [-0.05, 0) is 17.7 Å². The van der Waals surface area contributed by atoms with Crippen LogP contribution in [-0.2, 0) is 9.47 Å². The van der Waals surface area contributed by atoms with Gasteiger partial charge >= 0.3 is 0 Å². The van der Waals surface area contributed by atoms with Gasteiger partial charge in [-0.2, -0.15) is 0 Å². The Balaban J connectivity index is 1.38. The largest absolute Gasteiger partial charge is 0.492 e. The molecule has 0 saturated carbocycles. The van der Waals surface area contributed by atoms with Crippen molar-refractivity contribution in [2.24, 2.45) is 11.8 Å². The SMILES string of the molecule is COc1c2c(c(OC)c([C@H]3OCC4C3CO[C@@H]4c3ccc4c(c3)OCO4)c1OC)OCO2. The molecule has 9 heteroatoms. The Morgan fingerprint density at radius 3 is 2.06 bits per heavy atom. The van der Waals surface area contributed by atoms with Crippen molar-refractivity contribution in [3.05, 3.63) is 29.3 Å². The minimum atomic E-state index is -0.313. The first kappa shape index (κ1) is 19.6. The third-order valence-electron chi connectivity index (χ3n) is 6.61. The molecule has 2 aromatic rings. The lowest BCUT2D eigenvalue weighted by molar-refractivity contribution is 0.0175. The third-order valence-corrected chi connectivity index (χ3v) is 6.61. The maximum atomic E-state index is 6.35. The quantitative estimate of drug-likeness (QED) is 0.690. The third kappa shape index (κ3) is 2.70. The van der Waals surface area contributed by atoms with Crippen molar-refractivity contribution >= 4 is 0 Å². The first-order chi connectivity index (χ1) is 15.7. The van der Waals surface area contributed by atoms with Crippen LogP contribution in [0.25, 0.3) is 0 Å². The van der Waals surface area contributed by atoms with Crippen molar-refractivity contribution in [1.82, 2.24) is 0 Å². The molecular weight excluding hydrogens is 420 g/mol. The minimum Gasteiger partial charge on any atom is -0.492 e. The van der Waals surface area contributed by atoms with Crippen LogP contribution in [0.5, 0.6) is 40.2 Å². The second-order valence-electron chi connectivity index (χ2n) is 8.03. The number of ether oxygens (including phenoxy) is 9. The number of benzene rings is 2. The molecule has 170 valence electrons. The van der Waals surface area contributed by atoms with Gasteiger partial charge in [-0.1, -0.05) is 6.07 Å². The van der Waals surface area contributed by atoms with Crippen molar-refractivity contribution in [3.8, 4) is 40.2 Å². The Morgan fingerprint density at radius 2 is 1.31 bits per heavy atom. The van der Waals surface area contributed by atoms with Crippen LogP contribution in [-0.4, -0.2) is 48.1 Å². The summed E-state index contributed by atoms with van der Waals surface area (Å²) < 4.78 is 52.1. The van der Waals surface area contributed by atoms with Crippen LogP contribution in [0.3, 0.4) is 0 Å². The first-order valence-corrected chi connectivity index (χ1v) is 10.5. The summed E-state index contributed by atoms with van der Waals surface area (Å²) in [6, 6.07) is 5.95.